The van der Waals surface area contributed by atoms with Gasteiger partial charge in [0.2, 0.25) is 0 Å². The van der Waals surface area contributed by atoms with Crippen molar-refractivity contribution in [2.75, 3.05) is 0 Å². The molecule has 1 saturated carbocycles. The second-order valence-corrected chi connectivity index (χ2v) is 9.25. The Kier molecular flexibility index (Phi) is 6.88. The van der Waals surface area contributed by atoms with E-state index in [-0.39, 0.29) is 11.9 Å². The minimum Gasteiger partial charge on any atom is -0.488 e. The van der Waals surface area contributed by atoms with Gasteiger partial charge >= 0.3 is 0 Å². The fraction of sp³-hybridized carbons (Fsp3) is 0.292. The van der Waals surface area contributed by atoms with E-state index < -0.39 is 0 Å². The lowest BCUT2D eigenvalue weighted by Crippen LogP contribution is -2.41. The zero-order valence-corrected chi connectivity index (χ0v) is 19.9. The van der Waals surface area contributed by atoms with E-state index in [9.17, 15) is 10.1 Å². The molecule has 31 heavy (non-hydrogen) atoms. The third kappa shape index (κ3) is 4.91. The monoisotopic (exact) mass is 543 g/mol. The number of amides is 1. The standard InChI is InChI=1S/C24H22IN3O2S/c25-20-12-16(10-11-22(20)30-15-18-7-5-4-6-17(18)14-26)13-21-23(29)28(24(31)27-21)19-8-2-1-3-9-19/h4-7,10-13,19H,1-3,8-9,15H2,(H,27,31)/b21-13-. The zero-order chi connectivity index (χ0) is 21.8. The summed E-state index contributed by atoms with van der Waals surface area (Å²) in [6, 6.07) is 15.6. The summed E-state index contributed by atoms with van der Waals surface area (Å²) < 4.78 is 6.86. The lowest BCUT2D eigenvalue weighted by atomic mass is 9.94. The number of nitriles is 1. The van der Waals surface area contributed by atoms with Crippen LogP contribution in [0.4, 0.5) is 0 Å². The fourth-order valence-electron chi connectivity index (χ4n) is 4.02. The van der Waals surface area contributed by atoms with Gasteiger partial charge in [-0.15, -0.1) is 0 Å². The van der Waals surface area contributed by atoms with Crippen molar-refractivity contribution in [1.29, 1.82) is 5.26 Å². The third-order valence-electron chi connectivity index (χ3n) is 5.64. The molecule has 2 fully saturated rings. The lowest BCUT2D eigenvalue weighted by molar-refractivity contribution is -0.124. The van der Waals surface area contributed by atoms with Crippen LogP contribution < -0.4 is 10.1 Å². The largest absolute Gasteiger partial charge is 0.488 e. The average Bonchev–Trinajstić information content (AvgIpc) is 3.06. The molecule has 1 aliphatic heterocycles. The molecule has 2 aromatic rings. The highest BCUT2D eigenvalue weighted by atomic mass is 127. The SMILES string of the molecule is N#Cc1ccccc1COc1ccc(/C=C2\NC(=S)N(C3CCCCC3)C2=O)cc1I. The Hall–Kier alpha value is -2.44. The molecule has 1 aliphatic carbocycles. The third-order valence-corrected chi connectivity index (χ3v) is 6.78. The van der Waals surface area contributed by atoms with E-state index in [1.54, 1.807) is 11.0 Å². The molecule has 0 atom stereocenters. The number of thiocarbonyl (C=S) groups is 1. The molecule has 0 radical (unpaired) electrons. The van der Waals surface area contributed by atoms with E-state index in [2.05, 4.69) is 34.0 Å². The molecule has 5 nitrogen and oxygen atoms in total. The Morgan fingerprint density at radius 3 is 2.74 bits per heavy atom. The topological polar surface area (TPSA) is 65.4 Å². The lowest BCUT2D eigenvalue weighted by Gasteiger charge is -2.29. The van der Waals surface area contributed by atoms with Crippen LogP contribution in [0.15, 0.2) is 48.2 Å². The van der Waals surface area contributed by atoms with Gasteiger partial charge in [-0.05, 0) is 77.5 Å². The van der Waals surface area contributed by atoms with E-state index in [0.29, 0.717) is 23.0 Å². The van der Waals surface area contributed by atoms with Crippen LogP contribution in [0.2, 0.25) is 0 Å². The Balaban J connectivity index is 1.46. The quantitative estimate of drug-likeness (QED) is 0.322. The van der Waals surface area contributed by atoms with Crippen LogP contribution in [-0.4, -0.2) is 22.0 Å². The summed E-state index contributed by atoms with van der Waals surface area (Å²) in [5, 5.41) is 12.8. The summed E-state index contributed by atoms with van der Waals surface area (Å²) >= 11 is 7.67. The van der Waals surface area contributed by atoms with Gasteiger partial charge in [0.1, 0.15) is 18.1 Å². The number of ether oxygens (including phenoxy) is 1. The van der Waals surface area contributed by atoms with Crippen molar-refractivity contribution in [3.05, 3.63) is 68.4 Å². The second kappa shape index (κ2) is 9.79. The first kappa shape index (κ1) is 21.8. The Morgan fingerprint density at radius 1 is 1.23 bits per heavy atom. The molecule has 4 rings (SSSR count). The van der Waals surface area contributed by atoms with E-state index in [1.165, 1.54) is 6.42 Å². The summed E-state index contributed by atoms with van der Waals surface area (Å²) in [5.41, 5.74) is 2.88. The van der Waals surface area contributed by atoms with Crippen molar-refractivity contribution < 1.29 is 9.53 Å². The first-order valence-corrected chi connectivity index (χ1v) is 11.8. The van der Waals surface area contributed by atoms with Gasteiger partial charge in [-0.2, -0.15) is 5.26 Å². The number of hydrogen-bond acceptors (Lipinski definition) is 4. The number of carbonyl (C=O) groups excluding carboxylic acids is 1. The minimum atomic E-state index is -0.0413. The van der Waals surface area contributed by atoms with Crippen molar-refractivity contribution in [3.63, 3.8) is 0 Å². The van der Waals surface area contributed by atoms with Crippen LogP contribution in [-0.2, 0) is 11.4 Å². The van der Waals surface area contributed by atoms with Crippen LogP contribution in [0.5, 0.6) is 5.75 Å². The molecule has 2 aromatic carbocycles. The molecule has 1 heterocycles. The van der Waals surface area contributed by atoms with Gasteiger partial charge in [0.25, 0.3) is 5.91 Å². The first-order chi connectivity index (χ1) is 15.1. The van der Waals surface area contributed by atoms with Gasteiger partial charge in [-0.3, -0.25) is 9.69 Å². The molecule has 1 N–H and O–H groups in total. The molecule has 0 aromatic heterocycles. The highest BCUT2D eigenvalue weighted by molar-refractivity contribution is 14.1. The summed E-state index contributed by atoms with van der Waals surface area (Å²) in [6.45, 7) is 0.324. The van der Waals surface area contributed by atoms with Gasteiger partial charge in [0, 0.05) is 11.6 Å². The fourth-order valence-corrected chi connectivity index (χ4v) is 5.06. The summed E-state index contributed by atoms with van der Waals surface area (Å²) in [4.78, 5) is 14.7. The van der Waals surface area contributed by atoms with Gasteiger partial charge in [-0.25, -0.2) is 0 Å². The Morgan fingerprint density at radius 2 is 2.00 bits per heavy atom. The summed E-state index contributed by atoms with van der Waals surface area (Å²) in [6.07, 6.45) is 7.40. The molecular formula is C24H22IN3O2S. The molecule has 158 valence electrons. The number of halogens is 1. The predicted octanol–water partition coefficient (Wildman–Crippen LogP) is 5.13. The van der Waals surface area contributed by atoms with Crippen LogP contribution >= 0.6 is 34.8 Å². The molecule has 1 saturated heterocycles. The molecule has 1 amide bonds. The summed E-state index contributed by atoms with van der Waals surface area (Å²) in [5.74, 6) is 0.695. The van der Waals surface area contributed by atoms with Crippen molar-refractivity contribution in [1.82, 2.24) is 10.2 Å². The van der Waals surface area contributed by atoms with Crippen LogP contribution in [0.1, 0.15) is 48.8 Å². The normalized spacial score (nSPS) is 18.2. The molecule has 0 spiro atoms. The van der Waals surface area contributed by atoms with Gasteiger partial charge in [0.05, 0.1) is 15.2 Å². The number of nitrogens with one attached hydrogen (secondary N) is 1. The minimum absolute atomic E-state index is 0.0413. The Labute approximate surface area is 201 Å². The van der Waals surface area contributed by atoms with Crippen molar-refractivity contribution >= 4 is 51.9 Å². The average molecular weight is 543 g/mol. The number of hydrogen-bond donors (Lipinski definition) is 1. The van der Waals surface area contributed by atoms with Crippen molar-refractivity contribution in [2.24, 2.45) is 0 Å². The Bertz CT molecular complexity index is 1090. The molecule has 0 bridgehead atoms. The van der Waals surface area contributed by atoms with Crippen LogP contribution in [0.3, 0.4) is 0 Å². The molecular weight excluding hydrogens is 521 g/mol. The highest BCUT2D eigenvalue weighted by Crippen LogP contribution is 2.28. The number of nitrogens with zero attached hydrogens (tertiary/aromatic N) is 2. The zero-order valence-electron chi connectivity index (χ0n) is 16.9. The maximum Gasteiger partial charge on any atom is 0.276 e. The van der Waals surface area contributed by atoms with Crippen molar-refractivity contribution in [3.8, 4) is 11.8 Å². The number of benzene rings is 2. The van der Waals surface area contributed by atoms with Crippen LogP contribution in [0, 0.1) is 14.9 Å². The summed E-state index contributed by atoms with van der Waals surface area (Å²) in [7, 11) is 0. The van der Waals surface area contributed by atoms with E-state index >= 15 is 0 Å². The molecule has 2 aliphatic rings. The molecule has 7 heteroatoms. The van der Waals surface area contributed by atoms with Crippen LogP contribution in [0.25, 0.3) is 6.08 Å². The molecule has 0 unspecified atom stereocenters. The second-order valence-electron chi connectivity index (χ2n) is 7.70. The van der Waals surface area contributed by atoms with E-state index in [1.807, 2.05) is 42.5 Å². The van der Waals surface area contributed by atoms with Gasteiger partial charge in [-0.1, -0.05) is 43.5 Å². The van der Waals surface area contributed by atoms with Crippen molar-refractivity contribution in [2.45, 2.75) is 44.8 Å². The maximum absolute atomic E-state index is 12.9. The predicted molar refractivity (Wildman–Crippen MR) is 132 cm³/mol. The smallest absolute Gasteiger partial charge is 0.276 e. The highest BCUT2D eigenvalue weighted by Gasteiger charge is 2.36. The van der Waals surface area contributed by atoms with E-state index in [4.69, 9.17) is 17.0 Å². The van der Waals surface area contributed by atoms with E-state index in [0.717, 1.165) is 46.1 Å². The van der Waals surface area contributed by atoms with Gasteiger partial charge in [0.15, 0.2) is 5.11 Å². The first-order valence-electron chi connectivity index (χ1n) is 10.3. The number of carbonyl (C=O) groups is 1. The maximum atomic E-state index is 12.9. The number of rotatable bonds is 5. The van der Waals surface area contributed by atoms with Gasteiger partial charge < -0.3 is 10.1 Å².